The highest BCUT2D eigenvalue weighted by Gasteiger charge is 2.04. The molecule has 1 unspecified atom stereocenters. The molecule has 0 radical (unpaired) electrons. The number of nitrogens with one attached hydrogen (secondary N) is 1. The minimum atomic E-state index is 0.410. The summed E-state index contributed by atoms with van der Waals surface area (Å²) >= 11 is 0. The van der Waals surface area contributed by atoms with Crippen LogP contribution in [0.15, 0.2) is 0 Å². The van der Waals surface area contributed by atoms with Gasteiger partial charge >= 0.3 is 0 Å². The van der Waals surface area contributed by atoms with Gasteiger partial charge in [-0.1, -0.05) is 32.6 Å². The molecule has 0 aromatic carbocycles. The number of hydrazine groups is 1. The standard InChI is InChI=1S/C11H22N2/c1-3-5-7-8-10-11(13-12)9-6-4-2/h2,11,13H,3,5-10,12H2,1H3. The summed E-state index contributed by atoms with van der Waals surface area (Å²) in [5.74, 6) is 8.05. The lowest BCUT2D eigenvalue weighted by atomic mass is 10.0. The molecule has 0 aromatic rings. The van der Waals surface area contributed by atoms with Gasteiger partial charge in [-0.25, -0.2) is 0 Å². The lowest BCUT2D eigenvalue weighted by Crippen LogP contribution is -2.34. The third-order valence-electron chi connectivity index (χ3n) is 2.28. The summed E-state index contributed by atoms with van der Waals surface area (Å²) in [6.07, 6.45) is 13.3. The molecule has 13 heavy (non-hydrogen) atoms. The number of terminal acetylenes is 1. The Morgan fingerprint density at radius 3 is 2.62 bits per heavy atom. The topological polar surface area (TPSA) is 38.0 Å². The smallest absolute Gasteiger partial charge is 0.0219 e. The Labute approximate surface area is 82.2 Å². The molecule has 0 fully saturated rings. The van der Waals surface area contributed by atoms with Crippen LogP contribution in [0.1, 0.15) is 51.9 Å². The Kier molecular flexibility index (Phi) is 9.18. The minimum absolute atomic E-state index is 0.410. The van der Waals surface area contributed by atoms with E-state index in [1.165, 1.54) is 25.7 Å². The summed E-state index contributed by atoms with van der Waals surface area (Å²) in [5, 5.41) is 0. The van der Waals surface area contributed by atoms with Crippen molar-refractivity contribution in [3.63, 3.8) is 0 Å². The van der Waals surface area contributed by atoms with Crippen LogP contribution in [0.2, 0.25) is 0 Å². The largest absolute Gasteiger partial charge is 0.271 e. The fourth-order valence-corrected chi connectivity index (χ4v) is 1.39. The first-order valence-electron chi connectivity index (χ1n) is 5.24. The van der Waals surface area contributed by atoms with Crippen LogP contribution in [0.3, 0.4) is 0 Å². The molecule has 1 atom stereocenters. The molecular weight excluding hydrogens is 160 g/mol. The maximum absolute atomic E-state index is 5.41. The van der Waals surface area contributed by atoms with E-state index in [2.05, 4.69) is 18.3 Å². The molecule has 0 bridgehead atoms. The van der Waals surface area contributed by atoms with Crippen molar-refractivity contribution in [3.8, 4) is 12.3 Å². The molecule has 0 aliphatic rings. The van der Waals surface area contributed by atoms with Gasteiger partial charge in [-0.05, 0) is 12.8 Å². The van der Waals surface area contributed by atoms with Crippen LogP contribution in [0, 0.1) is 12.3 Å². The first kappa shape index (κ1) is 12.5. The molecule has 2 heteroatoms. The van der Waals surface area contributed by atoms with Gasteiger partial charge in [-0.2, -0.15) is 0 Å². The first-order chi connectivity index (χ1) is 6.35. The van der Waals surface area contributed by atoms with Crippen molar-refractivity contribution in [2.24, 2.45) is 5.84 Å². The van der Waals surface area contributed by atoms with Crippen LogP contribution in [-0.4, -0.2) is 6.04 Å². The Morgan fingerprint density at radius 1 is 1.31 bits per heavy atom. The number of nitrogens with two attached hydrogens (primary N) is 1. The maximum Gasteiger partial charge on any atom is 0.0219 e. The van der Waals surface area contributed by atoms with Crippen LogP contribution in [-0.2, 0) is 0 Å². The molecule has 76 valence electrons. The highest BCUT2D eigenvalue weighted by atomic mass is 15.2. The van der Waals surface area contributed by atoms with E-state index in [9.17, 15) is 0 Å². The molecule has 0 aromatic heterocycles. The van der Waals surface area contributed by atoms with E-state index in [1.54, 1.807) is 0 Å². The number of rotatable bonds is 8. The van der Waals surface area contributed by atoms with Gasteiger partial charge in [0, 0.05) is 12.5 Å². The van der Waals surface area contributed by atoms with Crippen molar-refractivity contribution < 1.29 is 0 Å². The van der Waals surface area contributed by atoms with Crippen LogP contribution >= 0.6 is 0 Å². The first-order valence-corrected chi connectivity index (χ1v) is 5.24. The number of unbranched alkanes of at least 4 members (excludes halogenated alkanes) is 3. The summed E-state index contributed by atoms with van der Waals surface area (Å²) in [5.41, 5.74) is 2.82. The van der Waals surface area contributed by atoms with Gasteiger partial charge in [-0.3, -0.25) is 11.3 Å². The van der Waals surface area contributed by atoms with Crippen molar-refractivity contribution in [1.82, 2.24) is 5.43 Å². The second kappa shape index (κ2) is 9.57. The van der Waals surface area contributed by atoms with Gasteiger partial charge in [-0.15, -0.1) is 12.3 Å². The second-order valence-corrected chi connectivity index (χ2v) is 3.46. The molecular formula is C11H22N2. The predicted octanol–water partition coefficient (Wildman–Crippen LogP) is 2.20. The predicted molar refractivity (Wildman–Crippen MR) is 57.9 cm³/mol. The van der Waals surface area contributed by atoms with E-state index in [0.29, 0.717) is 6.04 Å². The second-order valence-electron chi connectivity index (χ2n) is 3.46. The monoisotopic (exact) mass is 182 g/mol. The molecule has 0 amide bonds. The number of hydrogen-bond acceptors (Lipinski definition) is 2. The molecule has 0 saturated heterocycles. The molecule has 2 nitrogen and oxygen atoms in total. The summed E-state index contributed by atoms with van der Waals surface area (Å²) in [6.45, 7) is 2.22. The summed E-state index contributed by atoms with van der Waals surface area (Å²) < 4.78 is 0. The average molecular weight is 182 g/mol. The summed E-state index contributed by atoms with van der Waals surface area (Å²) in [4.78, 5) is 0. The van der Waals surface area contributed by atoms with E-state index in [-0.39, 0.29) is 0 Å². The molecule has 3 N–H and O–H groups in total. The fourth-order valence-electron chi connectivity index (χ4n) is 1.39. The van der Waals surface area contributed by atoms with Crippen molar-refractivity contribution in [1.29, 1.82) is 0 Å². The average Bonchev–Trinajstić information content (AvgIpc) is 2.17. The zero-order valence-electron chi connectivity index (χ0n) is 8.68. The van der Waals surface area contributed by atoms with Crippen LogP contribution in [0.4, 0.5) is 0 Å². The summed E-state index contributed by atoms with van der Waals surface area (Å²) in [7, 11) is 0. The van der Waals surface area contributed by atoms with Gasteiger partial charge in [0.2, 0.25) is 0 Å². The summed E-state index contributed by atoms with van der Waals surface area (Å²) in [6, 6.07) is 0.410. The molecule has 0 aliphatic carbocycles. The van der Waals surface area contributed by atoms with Gasteiger partial charge in [0.05, 0.1) is 0 Å². The Bertz CT molecular complexity index is 138. The van der Waals surface area contributed by atoms with Crippen LogP contribution in [0.25, 0.3) is 0 Å². The Hall–Kier alpha value is -0.520. The van der Waals surface area contributed by atoms with Crippen molar-refractivity contribution >= 4 is 0 Å². The SMILES string of the molecule is C#CCCC(CCCCCC)NN. The van der Waals surface area contributed by atoms with E-state index >= 15 is 0 Å². The minimum Gasteiger partial charge on any atom is -0.271 e. The molecule has 0 aliphatic heterocycles. The van der Waals surface area contributed by atoms with E-state index in [4.69, 9.17) is 12.3 Å². The van der Waals surface area contributed by atoms with E-state index in [0.717, 1.165) is 19.3 Å². The molecule has 0 saturated carbocycles. The zero-order valence-corrected chi connectivity index (χ0v) is 8.68. The quantitative estimate of drug-likeness (QED) is 0.261. The van der Waals surface area contributed by atoms with Gasteiger partial charge in [0.1, 0.15) is 0 Å². The lowest BCUT2D eigenvalue weighted by molar-refractivity contribution is 0.445. The van der Waals surface area contributed by atoms with E-state index < -0.39 is 0 Å². The van der Waals surface area contributed by atoms with Crippen molar-refractivity contribution in [2.45, 2.75) is 57.9 Å². The van der Waals surface area contributed by atoms with Crippen LogP contribution in [0.5, 0.6) is 0 Å². The van der Waals surface area contributed by atoms with Gasteiger partial charge < -0.3 is 0 Å². The Morgan fingerprint density at radius 2 is 2.08 bits per heavy atom. The Balaban J connectivity index is 3.32. The van der Waals surface area contributed by atoms with Crippen LogP contribution < -0.4 is 11.3 Å². The van der Waals surface area contributed by atoms with Crippen molar-refractivity contribution in [2.75, 3.05) is 0 Å². The third kappa shape index (κ3) is 7.83. The zero-order chi connectivity index (χ0) is 9.94. The van der Waals surface area contributed by atoms with Gasteiger partial charge in [0.25, 0.3) is 0 Å². The number of hydrogen-bond donors (Lipinski definition) is 2. The highest BCUT2D eigenvalue weighted by molar-refractivity contribution is 4.85. The van der Waals surface area contributed by atoms with Gasteiger partial charge in [0.15, 0.2) is 0 Å². The maximum atomic E-state index is 5.41. The van der Waals surface area contributed by atoms with E-state index in [1.807, 2.05) is 0 Å². The molecule has 0 rings (SSSR count). The van der Waals surface area contributed by atoms with Crippen molar-refractivity contribution in [3.05, 3.63) is 0 Å². The normalized spacial score (nSPS) is 12.4. The molecule has 0 spiro atoms. The fraction of sp³-hybridized carbons (Fsp3) is 0.818. The molecule has 0 heterocycles. The lowest BCUT2D eigenvalue weighted by Gasteiger charge is -2.13. The highest BCUT2D eigenvalue weighted by Crippen LogP contribution is 2.08. The third-order valence-corrected chi connectivity index (χ3v) is 2.28.